The fraction of sp³-hybridized carbons (Fsp3) is 0. The van der Waals surface area contributed by atoms with E-state index in [9.17, 15) is 4.79 Å². The van der Waals surface area contributed by atoms with Crippen molar-refractivity contribution < 1.29 is 9.90 Å². The van der Waals surface area contributed by atoms with E-state index < -0.39 is 6.09 Å². The van der Waals surface area contributed by atoms with Crippen LogP contribution in [0, 0.1) is 0 Å². The van der Waals surface area contributed by atoms with Crippen molar-refractivity contribution in [2.45, 2.75) is 0 Å². The van der Waals surface area contributed by atoms with Crippen LogP contribution in [0.1, 0.15) is 0 Å². The zero-order valence-corrected chi connectivity index (χ0v) is 6.95. The van der Waals surface area contributed by atoms with Crippen LogP contribution in [-0.4, -0.2) is 11.2 Å². The van der Waals surface area contributed by atoms with Gasteiger partial charge in [0.25, 0.3) is 0 Å². The Balaban J connectivity index is 2.90. The molecule has 0 saturated heterocycles. The van der Waals surface area contributed by atoms with Crippen molar-refractivity contribution in [1.29, 1.82) is 0 Å². The number of carboxylic acid groups (broad SMARTS) is 1. The molecule has 0 aliphatic carbocycles. The Labute approximate surface area is 75.9 Å². The highest BCUT2D eigenvalue weighted by molar-refractivity contribution is 5.88. The molecule has 0 radical (unpaired) electrons. The van der Waals surface area contributed by atoms with Gasteiger partial charge in [-0.3, -0.25) is 5.32 Å². The third-order valence-electron chi connectivity index (χ3n) is 1.43. The van der Waals surface area contributed by atoms with Gasteiger partial charge in [-0.15, -0.1) is 0 Å². The Kier molecular flexibility index (Phi) is 2.92. The van der Waals surface area contributed by atoms with Gasteiger partial charge in [-0.1, -0.05) is 18.7 Å². The Morgan fingerprint density at radius 3 is 2.54 bits per heavy atom. The van der Waals surface area contributed by atoms with Gasteiger partial charge >= 0.3 is 6.09 Å². The van der Waals surface area contributed by atoms with Gasteiger partial charge in [0.15, 0.2) is 0 Å². The molecule has 0 heterocycles. The number of para-hydroxylation sites is 2. The second-order valence-corrected chi connectivity index (χ2v) is 2.32. The zero-order chi connectivity index (χ0) is 9.68. The Morgan fingerprint density at radius 1 is 1.38 bits per heavy atom. The molecule has 1 amide bonds. The molecule has 0 aromatic heterocycles. The van der Waals surface area contributed by atoms with E-state index >= 15 is 0 Å². The van der Waals surface area contributed by atoms with E-state index in [1.165, 1.54) is 6.20 Å². The quantitative estimate of drug-likeness (QED) is 0.665. The third kappa shape index (κ3) is 2.52. The minimum absolute atomic E-state index is 0.509. The lowest BCUT2D eigenvalue weighted by Crippen LogP contribution is -2.08. The molecule has 0 fully saturated rings. The summed E-state index contributed by atoms with van der Waals surface area (Å²) in [6.07, 6.45) is 0.404. The summed E-state index contributed by atoms with van der Waals surface area (Å²) in [7, 11) is 0. The van der Waals surface area contributed by atoms with Crippen molar-refractivity contribution in [3.05, 3.63) is 37.0 Å². The molecule has 1 aromatic rings. The normalized spacial score (nSPS) is 8.92. The highest BCUT2D eigenvalue weighted by Crippen LogP contribution is 2.20. The number of hydrogen-bond acceptors (Lipinski definition) is 2. The first kappa shape index (κ1) is 9.12. The third-order valence-corrected chi connectivity index (χ3v) is 1.43. The minimum atomic E-state index is -1.08. The van der Waals surface area contributed by atoms with Crippen molar-refractivity contribution in [2.75, 3.05) is 10.6 Å². The van der Waals surface area contributed by atoms with Crippen molar-refractivity contribution in [1.82, 2.24) is 0 Å². The molecule has 0 aliphatic rings. The summed E-state index contributed by atoms with van der Waals surface area (Å²) in [6, 6.07) is 6.98. The van der Waals surface area contributed by atoms with E-state index in [0.29, 0.717) is 11.4 Å². The molecule has 4 heteroatoms. The predicted octanol–water partition coefficient (Wildman–Crippen LogP) is 2.33. The van der Waals surface area contributed by atoms with E-state index in [1.807, 2.05) is 0 Å². The summed E-state index contributed by atoms with van der Waals surface area (Å²) in [5, 5.41) is 13.6. The highest BCUT2D eigenvalue weighted by Gasteiger charge is 2.01. The number of carbonyl (C=O) groups is 1. The van der Waals surface area contributed by atoms with E-state index in [-0.39, 0.29) is 0 Å². The SMILES string of the molecule is C=CNc1ccccc1NC(=O)O. The van der Waals surface area contributed by atoms with Crippen molar-refractivity contribution in [3.8, 4) is 0 Å². The van der Waals surface area contributed by atoms with Gasteiger partial charge in [-0.25, -0.2) is 4.79 Å². The first-order valence-electron chi connectivity index (χ1n) is 3.70. The van der Waals surface area contributed by atoms with Gasteiger partial charge < -0.3 is 10.4 Å². The topological polar surface area (TPSA) is 61.4 Å². The van der Waals surface area contributed by atoms with Gasteiger partial charge in [0, 0.05) is 0 Å². The van der Waals surface area contributed by atoms with Crippen molar-refractivity contribution >= 4 is 17.5 Å². The van der Waals surface area contributed by atoms with Crippen LogP contribution in [0.3, 0.4) is 0 Å². The maximum atomic E-state index is 10.4. The van der Waals surface area contributed by atoms with Crippen LogP contribution in [-0.2, 0) is 0 Å². The van der Waals surface area contributed by atoms with Crippen LogP contribution in [0.15, 0.2) is 37.0 Å². The molecule has 68 valence electrons. The van der Waals surface area contributed by atoms with E-state index in [4.69, 9.17) is 5.11 Å². The van der Waals surface area contributed by atoms with Crippen LogP contribution < -0.4 is 10.6 Å². The summed E-state index contributed by atoms with van der Waals surface area (Å²) in [5.74, 6) is 0. The van der Waals surface area contributed by atoms with Gasteiger partial charge in [0.2, 0.25) is 0 Å². The number of hydrogen-bond donors (Lipinski definition) is 3. The van der Waals surface area contributed by atoms with E-state index in [0.717, 1.165) is 0 Å². The number of rotatable bonds is 3. The molecule has 13 heavy (non-hydrogen) atoms. The Morgan fingerprint density at radius 2 is 2.00 bits per heavy atom. The molecular formula is C9H10N2O2. The fourth-order valence-electron chi connectivity index (χ4n) is 0.943. The lowest BCUT2D eigenvalue weighted by Gasteiger charge is -2.07. The summed E-state index contributed by atoms with van der Waals surface area (Å²) in [5.41, 5.74) is 1.19. The maximum absolute atomic E-state index is 10.4. The first-order chi connectivity index (χ1) is 6.24. The summed E-state index contributed by atoms with van der Waals surface area (Å²) in [4.78, 5) is 10.4. The number of anilines is 2. The first-order valence-corrected chi connectivity index (χ1v) is 3.70. The van der Waals surface area contributed by atoms with Gasteiger partial charge in [0.1, 0.15) is 0 Å². The Hall–Kier alpha value is -1.97. The lowest BCUT2D eigenvalue weighted by atomic mass is 10.2. The molecule has 0 unspecified atom stereocenters. The zero-order valence-electron chi connectivity index (χ0n) is 6.95. The van der Waals surface area contributed by atoms with Gasteiger partial charge in [-0.2, -0.15) is 0 Å². The summed E-state index contributed by atoms with van der Waals surface area (Å²) in [6.45, 7) is 3.49. The number of benzene rings is 1. The monoisotopic (exact) mass is 178 g/mol. The maximum Gasteiger partial charge on any atom is 0.409 e. The van der Waals surface area contributed by atoms with Crippen LogP contribution >= 0.6 is 0 Å². The van der Waals surface area contributed by atoms with Crippen LogP contribution in [0.25, 0.3) is 0 Å². The van der Waals surface area contributed by atoms with Crippen LogP contribution in [0.5, 0.6) is 0 Å². The molecule has 1 aromatic carbocycles. The van der Waals surface area contributed by atoms with Gasteiger partial charge in [-0.05, 0) is 18.3 Å². The second kappa shape index (κ2) is 4.15. The summed E-state index contributed by atoms with van der Waals surface area (Å²) < 4.78 is 0. The average Bonchev–Trinajstić information content (AvgIpc) is 2.08. The van der Waals surface area contributed by atoms with Crippen LogP contribution in [0.4, 0.5) is 16.2 Å². The molecule has 0 spiro atoms. The highest BCUT2D eigenvalue weighted by atomic mass is 16.4. The van der Waals surface area contributed by atoms with E-state index in [1.54, 1.807) is 24.3 Å². The molecule has 0 aliphatic heterocycles. The molecule has 3 N–H and O–H groups in total. The van der Waals surface area contributed by atoms with E-state index in [2.05, 4.69) is 17.2 Å². The minimum Gasteiger partial charge on any atom is -0.465 e. The fourth-order valence-corrected chi connectivity index (χ4v) is 0.943. The molecule has 4 nitrogen and oxygen atoms in total. The van der Waals surface area contributed by atoms with Crippen LogP contribution in [0.2, 0.25) is 0 Å². The summed E-state index contributed by atoms with van der Waals surface area (Å²) >= 11 is 0. The molecule has 1 rings (SSSR count). The number of amides is 1. The molecule has 0 saturated carbocycles. The second-order valence-electron chi connectivity index (χ2n) is 2.32. The number of nitrogens with one attached hydrogen (secondary N) is 2. The Bertz CT molecular complexity index is 323. The smallest absolute Gasteiger partial charge is 0.409 e. The standard InChI is InChI=1S/C9H10N2O2/c1-2-10-7-5-3-4-6-8(7)11-9(12)13/h2-6,10-11H,1H2,(H,12,13). The molecular weight excluding hydrogens is 168 g/mol. The van der Waals surface area contributed by atoms with Gasteiger partial charge in [0.05, 0.1) is 11.4 Å². The van der Waals surface area contributed by atoms with Crippen molar-refractivity contribution in [2.24, 2.45) is 0 Å². The molecule has 0 atom stereocenters. The predicted molar refractivity (Wildman–Crippen MR) is 51.9 cm³/mol. The largest absolute Gasteiger partial charge is 0.465 e. The molecule has 0 bridgehead atoms. The van der Waals surface area contributed by atoms with Crippen molar-refractivity contribution in [3.63, 3.8) is 0 Å². The lowest BCUT2D eigenvalue weighted by molar-refractivity contribution is 0.210. The average molecular weight is 178 g/mol.